The van der Waals surface area contributed by atoms with E-state index in [2.05, 4.69) is 10.6 Å². The molecule has 5 nitrogen and oxygen atoms in total. The van der Waals surface area contributed by atoms with Gasteiger partial charge in [-0.15, -0.1) is 0 Å². The van der Waals surface area contributed by atoms with E-state index in [4.69, 9.17) is 33.0 Å². The Morgan fingerprint density at radius 3 is 2.95 bits per heavy atom. The van der Waals surface area contributed by atoms with Gasteiger partial charge in [0.1, 0.15) is 12.7 Å². The molecule has 0 aliphatic carbocycles. The zero-order valence-corrected chi connectivity index (χ0v) is 12.2. The van der Waals surface area contributed by atoms with Crippen LogP contribution in [0.2, 0.25) is 10.0 Å². The number of hydrogen-bond donors (Lipinski definition) is 3. The first-order valence-corrected chi connectivity index (χ1v) is 7.05. The zero-order chi connectivity index (χ0) is 14.5. The predicted octanol–water partition coefficient (Wildman–Crippen LogP) is 1.13. The molecule has 1 aliphatic heterocycles. The molecule has 2 atom stereocenters. The van der Waals surface area contributed by atoms with E-state index in [0.29, 0.717) is 29.7 Å². The van der Waals surface area contributed by atoms with E-state index in [1.807, 2.05) is 6.07 Å². The van der Waals surface area contributed by atoms with E-state index in [9.17, 15) is 4.79 Å². The molecule has 0 unspecified atom stereocenters. The standard InChI is InChI=1S/C13H16Cl2N2O3/c14-9-2-1-8(5-10(9)15)13-11(17-12(19)7-18)6-16-3-4-20-13/h1-2,5,11,13,16,18H,3-4,6-7H2,(H,17,19)/t11-,13+/m1/s1. The normalized spacial score (nSPS) is 23.1. The maximum atomic E-state index is 11.4. The van der Waals surface area contributed by atoms with Crippen LogP contribution < -0.4 is 10.6 Å². The van der Waals surface area contributed by atoms with Gasteiger partial charge in [0.05, 0.1) is 22.7 Å². The van der Waals surface area contributed by atoms with Gasteiger partial charge < -0.3 is 20.5 Å². The zero-order valence-electron chi connectivity index (χ0n) is 10.7. The fourth-order valence-corrected chi connectivity index (χ4v) is 2.44. The lowest BCUT2D eigenvalue weighted by Crippen LogP contribution is -2.45. The number of amides is 1. The van der Waals surface area contributed by atoms with Crippen LogP contribution in [0.4, 0.5) is 0 Å². The molecule has 0 aromatic heterocycles. The average Bonchev–Trinajstić information content (AvgIpc) is 2.67. The Hall–Kier alpha value is -0.850. The van der Waals surface area contributed by atoms with Crippen molar-refractivity contribution in [3.8, 4) is 0 Å². The minimum absolute atomic E-state index is 0.283. The lowest BCUT2D eigenvalue weighted by Gasteiger charge is -2.26. The third-order valence-corrected chi connectivity index (χ3v) is 3.81. The van der Waals surface area contributed by atoms with Crippen LogP contribution in [0.5, 0.6) is 0 Å². The smallest absolute Gasteiger partial charge is 0.246 e. The van der Waals surface area contributed by atoms with Gasteiger partial charge >= 0.3 is 0 Å². The van der Waals surface area contributed by atoms with Crippen LogP contribution in [0.25, 0.3) is 0 Å². The molecule has 1 fully saturated rings. The molecule has 0 spiro atoms. The molecule has 2 rings (SSSR count). The van der Waals surface area contributed by atoms with Crippen LogP contribution in [0.15, 0.2) is 18.2 Å². The van der Waals surface area contributed by atoms with Crippen LogP contribution in [0.3, 0.4) is 0 Å². The summed E-state index contributed by atoms with van der Waals surface area (Å²) in [5.41, 5.74) is 0.839. The first kappa shape index (κ1) is 15.5. The Labute approximate surface area is 127 Å². The number of benzene rings is 1. The van der Waals surface area contributed by atoms with Crippen LogP contribution in [0.1, 0.15) is 11.7 Å². The summed E-state index contributed by atoms with van der Waals surface area (Å²) in [6, 6.07) is 4.97. The van der Waals surface area contributed by atoms with Gasteiger partial charge in [0.15, 0.2) is 0 Å². The summed E-state index contributed by atoms with van der Waals surface area (Å²) in [5, 5.41) is 15.7. The Kier molecular flexibility index (Phi) is 5.63. The maximum absolute atomic E-state index is 11.4. The summed E-state index contributed by atoms with van der Waals surface area (Å²) in [7, 11) is 0. The van der Waals surface area contributed by atoms with Gasteiger partial charge in [-0.25, -0.2) is 0 Å². The van der Waals surface area contributed by atoms with Crippen molar-refractivity contribution >= 4 is 29.1 Å². The first-order valence-electron chi connectivity index (χ1n) is 6.29. The Bertz CT molecular complexity index is 485. The minimum Gasteiger partial charge on any atom is -0.387 e. The molecule has 0 saturated carbocycles. The van der Waals surface area contributed by atoms with Gasteiger partial charge in [0.25, 0.3) is 0 Å². The summed E-state index contributed by atoms with van der Waals surface area (Å²) < 4.78 is 5.78. The number of nitrogens with one attached hydrogen (secondary N) is 2. The molecule has 1 aliphatic rings. The van der Waals surface area contributed by atoms with Crippen LogP contribution in [-0.4, -0.2) is 43.4 Å². The number of hydrogen-bond acceptors (Lipinski definition) is 4. The van der Waals surface area contributed by atoms with Gasteiger partial charge in [-0.1, -0.05) is 29.3 Å². The second kappa shape index (κ2) is 7.24. The van der Waals surface area contributed by atoms with E-state index in [0.717, 1.165) is 5.56 Å². The summed E-state index contributed by atoms with van der Waals surface area (Å²) in [4.78, 5) is 11.4. The largest absolute Gasteiger partial charge is 0.387 e. The van der Waals surface area contributed by atoms with E-state index in [1.54, 1.807) is 12.1 Å². The minimum atomic E-state index is -0.551. The summed E-state index contributed by atoms with van der Waals surface area (Å²) >= 11 is 11.9. The molecule has 0 radical (unpaired) electrons. The Morgan fingerprint density at radius 2 is 2.25 bits per heavy atom. The topological polar surface area (TPSA) is 70.6 Å². The van der Waals surface area contributed by atoms with E-state index in [-0.39, 0.29) is 12.1 Å². The first-order chi connectivity index (χ1) is 9.61. The monoisotopic (exact) mass is 318 g/mol. The summed E-state index contributed by atoms with van der Waals surface area (Å²) in [6.45, 7) is 1.22. The SMILES string of the molecule is O=C(CO)N[C@@H]1CNCCO[C@H]1c1ccc(Cl)c(Cl)c1. The van der Waals surface area contributed by atoms with Crippen LogP contribution in [-0.2, 0) is 9.53 Å². The molecule has 0 bridgehead atoms. The number of aliphatic hydroxyl groups is 1. The molecule has 1 amide bonds. The van der Waals surface area contributed by atoms with Crippen molar-refractivity contribution in [1.82, 2.24) is 10.6 Å². The molecule has 20 heavy (non-hydrogen) atoms. The Balaban J connectivity index is 2.22. The van der Waals surface area contributed by atoms with Gasteiger partial charge in [-0.05, 0) is 17.7 Å². The fourth-order valence-electron chi connectivity index (χ4n) is 2.14. The second-order valence-corrected chi connectivity index (χ2v) is 5.32. The number of carbonyl (C=O) groups is 1. The van der Waals surface area contributed by atoms with Crippen molar-refractivity contribution in [2.75, 3.05) is 26.3 Å². The lowest BCUT2D eigenvalue weighted by atomic mass is 10.0. The van der Waals surface area contributed by atoms with Crippen molar-refractivity contribution < 1.29 is 14.6 Å². The highest BCUT2D eigenvalue weighted by Crippen LogP contribution is 2.29. The van der Waals surface area contributed by atoms with Gasteiger partial charge in [0.2, 0.25) is 5.91 Å². The predicted molar refractivity (Wildman–Crippen MR) is 77.0 cm³/mol. The van der Waals surface area contributed by atoms with Crippen molar-refractivity contribution in [2.24, 2.45) is 0 Å². The third kappa shape index (κ3) is 3.84. The van der Waals surface area contributed by atoms with Crippen molar-refractivity contribution in [3.05, 3.63) is 33.8 Å². The van der Waals surface area contributed by atoms with Crippen molar-refractivity contribution in [2.45, 2.75) is 12.1 Å². The number of ether oxygens (including phenoxy) is 1. The highest BCUT2D eigenvalue weighted by Gasteiger charge is 2.27. The highest BCUT2D eigenvalue weighted by atomic mass is 35.5. The van der Waals surface area contributed by atoms with Gasteiger partial charge in [-0.2, -0.15) is 0 Å². The second-order valence-electron chi connectivity index (χ2n) is 4.50. The molecule has 1 aromatic carbocycles. The Morgan fingerprint density at radius 1 is 1.45 bits per heavy atom. The molecule has 3 N–H and O–H groups in total. The number of rotatable bonds is 3. The summed E-state index contributed by atoms with van der Waals surface area (Å²) in [6.07, 6.45) is -0.338. The number of halogens is 2. The highest BCUT2D eigenvalue weighted by molar-refractivity contribution is 6.42. The molecule has 1 heterocycles. The molecule has 1 aromatic rings. The van der Waals surface area contributed by atoms with Gasteiger partial charge in [-0.3, -0.25) is 4.79 Å². The van der Waals surface area contributed by atoms with Crippen LogP contribution >= 0.6 is 23.2 Å². The molecule has 7 heteroatoms. The number of carbonyl (C=O) groups excluding carboxylic acids is 1. The van der Waals surface area contributed by atoms with Crippen molar-refractivity contribution in [3.63, 3.8) is 0 Å². The van der Waals surface area contributed by atoms with Gasteiger partial charge in [0, 0.05) is 13.1 Å². The van der Waals surface area contributed by atoms with Crippen LogP contribution in [0, 0.1) is 0 Å². The maximum Gasteiger partial charge on any atom is 0.246 e. The third-order valence-electron chi connectivity index (χ3n) is 3.07. The van der Waals surface area contributed by atoms with E-state index in [1.165, 1.54) is 0 Å². The quantitative estimate of drug-likeness (QED) is 0.781. The summed E-state index contributed by atoms with van der Waals surface area (Å²) in [5.74, 6) is -0.438. The fraction of sp³-hybridized carbons (Fsp3) is 0.462. The molecular formula is C13H16Cl2N2O3. The lowest BCUT2D eigenvalue weighted by molar-refractivity contribution is -0.125. The number of aliphatic hydroxyl groups excluding tert-OH is 1. The van der Waals surface area contributed by atoms with E-state index < -0.39 is 12.5 Å². The van der Waals surface area contributed by atoms with Crippen molar-refractivity contribution in [1.29, 1.82) is 0 Å². The molecule has 110 valence electrons. The molecular weight excluding hydrogens is 303 g/mol. The van der Waals surface area contributed by atoms with E-state index >= 15 is 0 Å². The molecule has 1 saturated heterocycles. The average molecular weight is 319 g/mol.